The number of fused-ring (bicyclic) bond motifs is 1. The molecule has 0 saturated carbocycles. The second-order valence-electron chi connectivity index (χ2n) is 6.49. The first-order valence-electron chi connectivity index (χ1n) is 8.78. The van der Waals surface area contributed by atoms with E-state index in [0.29, 0.717) is 19.1 Å². The van der Waals surface area contributed by atoms with E-state index >= 15 is 0 Å². The molecule has 2 aliphatic rings. The number of rotatable bonds is 5. The van der Waals surface area contributed by atoms with Crippen LogP contribution in [0, 0.1) is 0 Å². The zero-order chi connectivity index (χ0) is 17.1. The van der Waals surface area contributed by atoms with Gasteiger partial charge in [0, 0.05) is 28.8 Å². The first-order valence-corrected chi connectivity index (χ1v) is 10.1. The Kier molecular flexibility index (Phi) is 5.39. The molecule has 0 aromatic heterocycles. The fourth-order valence-corrected chi connectivity index (χ4v) is 4.51. The maximum absolute atomic E-state index is 5.99. The maximum atomic E-state index is 5.99. The summed E-state index contributed by atoms with van der Waals surface area (Å²) in [6.45, 7) is 4.71. The lowest BCUT2D eigenvalue weighted by atomic mass is 9.99. The molecule has 1 fully saturated rings. The third-order valence-corrected chi connectivity index (χ3v) is 6.03. The van der Waals surface area contributed by atoms with Gasteiger partial charge in [-0.15, -0.1) is 11.8 Å². The molecule has 0 radical (unpaired) electrons. The summed E-state index contributed by atoms with van der Waals surface area (Å²) in [7, 11) is 0. The van der Waals surface area contributed by atoms with Crippen molar-refractivity contribution in [3.63, 3.8) is 0 Å². The molecular weight excluding hydrogens is 354 g/mol. The minimum absolute atomic E-state index is 0.636. The summed E-state index contributed by atoms with van der Waals surface area (Å²) in [6, 6.07) is 14.6. The highest BCUT2D eigenvalue weighted by molar-refractivity contribution is 7.99. The molecular formula is C20H22ClNO2S. The molecule has 2 aromatic carbocycles. The van der Waals surface area contributed by atoms with E-state index < -0.39 is 0 Å². The van der Waals surface area contributed by atoms with Gasteiger partial charge in [0.1, 0.15) is 13.2 Å². The van der Waals surface area contributed by atoms with Gasteiger partial charge in [-0.2, -0.15) is 0 Å². The van der Waals surface area contributed by atoms with E-state index in [0.717, 1.165) is 35.4 Å². The first-order chi connectivity index (χ1) is 12.3. The molecule has 0 spiro atoms. The molecule has 2 heterocycles. The lowest BCUT2D eigenvalue weighted by Gasteiger charge is -2.19. The maximum Gasteiger partial charge on any atom is 0.162 e. The Bertz CT molecular complexity index is 722. The van der Waals surface area contributed by atoms with Crippen molar-refractivity contribution in [2.45, 2.75) is 17.2 Å². The smallest absolute Gasteiger partial charge is 0.162 e. The van der Waals surface area contributed by atoms with Crippen molar-refractivity contribution in [2.24, 2.45) is 0 Å². The third-order valence-electron chi connectivity index (χ3n) is 4.80. The number of hydrogen-bond acceptors (Lipinski definition) is 4. The predicted molar refractivity (Wildman–Crippen MR) is 103 cm³/mol. The molecule has 2 aromatic rings. The Morgan fingerprint density at radius 1 is 1.04 bits per heavy atom. The number of ether oxygens (including phenoxy) is 2. The van der Waals surface area contributed by atoms with Crippen LogP contribution in [0.3, 0.4) is 0 Å². The fraction of sp³-hybridized carbons (Fsp3) is 0.400. The number of halogens is 1. The largest absolute Gasteiger partial charge is 0.486 e. The molecule has 0 aliphatic carbocycles. The summed E-state index contributed by atoms with van der Waals surface area (Å²) < 4.78 is 11.2. The van der Waals surface area contributed by atoms with Crippen molar-refractivity contribution in [3.8, 4) is 11.5 Å². The molecule has 1 saturated heterocycles. The number of hydrogen-bond donors (Lipinski definition) is 0. The van der Waals surface area contributed by atoms with Gasteiger partial charge in [0.05, 0.1) is 0 Å². The van der Waals surface area contributed by atoms with Gasteiger partial charge in [-0.05, 0) is 54.8 Å². The SMILES string of the molecule is Clc1ccc(C2CCN(CCSc3ccc4c(c3)OCCO4)C2)cc1. The van der Waals surface area contributed by atoms with Crippen LogP contribution in [0.2, 0.25) is 5.02 Å². The molecule has 132 valence electrons. The lowest BCUT2D eigenvalue weighted by Crippen LogP contribution is -2.23. The number of likely N-dealkylation sites (tertiary alicyclic amines) is 1. The average molecular weight is 376 g/mol. The molecule has 5 heteroatoms. The average Bonchev–Trinajstić information content (AvgIpc) is 3.11. The van der Waals surface area contributed by atoms with Gasteiger partial charge in [-0.3, -0.25) is 0 Å². The summed E-state index contributed by atoms with van der Waals surface area (Å²) in [5.74, 6) is 3.46. The van der Waals surface area contributed by atoms with Crippen LogP contribution >= 0.6 is 23.4 Å². The van der Waals surface area contributed by atoms with E-state index in [1.165, 1.54) is 23.4 Å². The van der Waals surface area contributed by atoms with Crippen LogP contribution in [0.5, 0.6) is 11.5 Å². The molecule has 25 heavy (non-hydrogen) atoms. The van der Waals surface area contributed by atoms with Crippen LogP contribution in [0.1, 0.15) is 17.9 Å². The van der Waals surface area contributed by atoms with Gasteiger partial charge in [-0.1, -0.05) is 23.7 Å². The summed E-state index contributed by atoms with van der Waals surface area (Å²) >= 11 is 7.87. The minimum Gasteiger partial charge on any atom is -0.486 e. The lowest BCUT2D eigenvalue weighted by molar-refractivity contribution is 0.171. The fourth-order valence-electron chi connectivity index (χ4n) is 3.45. The van der Waals surface area contributed by atoms with E-state index in [9.17, 15) is 0 Å². The highest BCUT2D eigenvalue weighted by Crippen LogP contribution is 2.34. The van der Waals surface area contributed by atoms with Crippen molar-refractivity contribution in [1.29, 1.82) is 0 Å². The van der Waals surface area contributed by atoms with E-state index in [-0.39, 0.29) is 0 Å². The van der Waals surface area contributed by atoms with Gasteiger partial charge in [0.2, 0.25) is 0 Å². The Morgan fingerprint density at radius 2 is 1.84 bits per heavy atom. The first kappa shape index (κ1) is 17.1. The van der Waals surface area contributed by atoms with E-state index in [1.807, 2.05) is 30.0 Å². The van der Waals surface area contributed by atoms with Crippen LogP contribution in [0.25, 0.3) is 0 Å². The van der Waals surface area contributed by atoms with Crippen molar-refractivity contribution in [1.82, 2.24) is 4.90 Å². The summed E-state index contributed by atoms with van der Waals surface area (Å²) in [4.78, 5) is 3.81. The number of benzene rings is 2. The quantitative estimate of drug-likeness (QED) is 0.706. The summed E-state index contributed by atoms with van der Waals surface area (Å²) in [5.41, 5.74) is 1.41. The second kappa shape index (κ2) is 7.90. The minimum atomic E-state index is 0.636. The normalized spacial score (nSPS) is 20.0. The van der Waals surface area contributed by atoms with Crippen molar-refractivity contribution >= 4 is 23.4 Å². The highest BCUT2D eigenvalue weighted by Gasteiger charge is 2.23. The van der Waals surface area contributed by atoms with Crippen LogP contribution in [0.4, 0.5) is 0 Å². The van der Waals surface area contributed by atoms with Crippen molar-refractivity contribution < 1.29 is 9.47 Å². The Labute approximate surface area is 158 Å². The van der Waals surface area contributed by atoms with Crippen molar-refractivity contribution in [3.05, 3.63) is 53.1 Å². The van der Waals surface area contributed by atoms with Gasteiger partial charge in [-0.25, -0.2) is 0 Å². The van der Waals surface area contributed by atoms with Crippen LogP contribution < -0.4 is 9.47 Å². The van der Waals surface area contributed by atoms with Gasteiger partial charge in [0.15, 0.2) is 11.5 Å². The molecule has 1 atom stereocenters. The number of nitrogens with zero attached hydrogens (tertiary/aromatic N) is 1. The van der Waals surface area contributed by atoms with E-state index in [1.54, 1.807) is 0 Å². The zero-order valence-electron chi connectivity index (χ0n) is 14.1. The van der Waals surface area contributed by atoms with Crippen LogP contribution in [-0.4, -0.2) is 43.5 Å². The molecule has 1 unspecified atom stereocenters. The highest BCUT2D eigenvalue weighted by atomic mass is 35.5. The Morgan fingerprint density at radius 3 is 2.68 bits per heavy atom. The molecule has 4 rings (SSSR count). The molecule has 2 aliphatic heterocycles. The third kappa shape index (κ3) is 4.25. The Hall–Kier alpha value is -1.36. The van der Waals surface area contributed by atoms with Crippen LogP contribution in [0.15, 0.2) is 47.4 Å². The molecule has 0 amide bonds. The standard InChI is InChI=1S/C20H22ClNO2S/c21-17-3-1-15(2-4-17)16-7-8-22(14-16)9-12-25-18-5-6-19-20(13-18)24-11-10-23-19/h1-6,13,16H,7-12,14H2. The number of thioether (sulfide) groups is 1. The second-order valence-corrected chi connectivity index (χ2v) is 8.10. The summed E-state index contributed by atoms with van der Waals surface area (Å²) in [6.07, 6.45) is 1.23. The van der Waals surface area contributed by atoms with E-state index in [4.69, 9.17) is 21.1 Å². The molecule has 0 bridgehead atoms. The van der Waals surface area contributed by atoms with E-state index in [2.05, 4.69) is 29.2 Å². The predicted octanol–water partition coefficient (Wildman–Crippen LogP) is 4.69. The van der Waals surface area contributed by atoms with Gasteiger partial charge >= 0.3 is 0 Å². The molecule has 3 nitrogen and oxygen atoms in total. The molecule has 0 N–H and O–H groups in total. The Balaban J connectivity index is 1.26. The van der Waals surface area contributed by atoms with Crippen molar-refractivity contribution in [2.75, 3.05) is 38.6 Å². The summed E-state index contributed by atoms with van der Waals surface area (Å²) in [5, 5.41) is 0.814. The monoisotopic (exact) mass is 375 g/mol. The van der Waals surface area contributed by atoms with Crippen LogP contribution in [-0.2, 0) is 0 Å². The zero-order valence-corrected chi connectivity index (χ0v) is 15.7. The van der Waals surface area contributed by atoms with Gasteiger partial charge in [0.25, 0.3) is 0 Å². The topological polar surface area (TPSA) is 21.7 Å². The van der Waals surface area contributed by atoms with Gasteiger partial charge < -0.3 is 14.4 Å².